The van der Waals surface area contributed by atoms with Gasteiger partial charge in [0, 0.05) is 6.04 Å². The zero-order chi connectivity index (χ0) is 16.0. The van der Waals surface area contributed by atoms with Gasteiger partial charge in [-0.15, -0.1) is 0 Å². The van der Waals surface area contributed by atoms with Gasteiger partial charge in [0.15, 0.2) is 0 Å². The highest BCUT2D eigenvalue weighted by Gasteiger charge is 2.19. The molecule has 0 radical (unpaired) electrons. The van der Waals surface area contributed by atoms with Gasteiger partial charge in [-0.25, -0.2) is 4.79 Å². The van der Waals surface area contributed by atoms with E-state index in [2.05, 4.69) is 18.7 Å². The molecule has 1 atom stereocenters. The number of ether oxygens (including phenoxy) is 2. The van der Waals surface area contributed by atoms with Gasteiger partial charge < -0.3 is 20.1 Å². The minimum Gasteiger partial charge on any atom is -0.492 e. The summed E-state index contributed by atoms with van der Waals surface area (Å²) in [5.74, 6) is 0.557. The number of likely N-dealkylation sites (N-methyl/N-ethyl adjacent to an activating group) is 1. The van der Waals surface area contributed by atoms with E-state index in [1.54, 1.807) is 18.2 Å². The van der Waals surface area contributed by atoms with Crippen LogP contribution in [0.25, 0.3) is 0 Å². The van der Waals surface area contributed by atoms with Gasteiger partial charge in [-0.3, -0.25) is 0 Å². The van der Waals surface area contributed by atoms with Crippen molar-refractivity contribution in [1.82, 2.24) is 4.90 Å². The molecule has 1 aromatic rings. The lowest BCUT2D eigenvalue weighted by Gasteiger charge is -2.27. The van der Waals surface area contributed by atoms with Crippen LogP contribution in [0, 0.1) is 5.92 Å². The quantitative estimate of drug-likeness (QED) is 0.618. The van der Waals surface area contributed by atoms with Crippen molar-refractivity contribution in [2.24, 2.45) is 5.92 Å². The summed E-state index contributed by atoms with van der Waals surface area (Å²) in [6.45, 7) is 6.94. The number of anilines is 1. The number of carbonyl (C=O) groups excluding carboxylic acids is 1. The summed E-state index contributed by atoms with van der Waals surface area (Å²) in [6, 6.07) is 5.13. The topological polar surface area (TPSA) is 64.8 Å². The highest BCUT2D eigenvalue weighted by atomic mass is 16.5. The van der Waals surface area contributed by atoms with Gasteiger partial charge in [0.2, 0.25) is 0 Å². The largest absolute Gasteiger partial charge is 0.492 e. The van der Waals surface area contributed by atoms with Gasteiger partial charge in [-0.2, -0.15) is 0 Å². The van der Waals surface area contributed by atoms with Crippen LogP contribution in [-0.4, -0.2) is 44.2 Å². The molecule has 0 saturated heterocycles. The molecule has 0 aliphatic heterocycles. The van der Waals surface area contributed by atoms with Crippen molar-refractivity contribution in [2.75, 3.05) is 33.0 Å². The lowest BCUT2D eigenvalue weighted by atomic mass is 10.0. The van der Waals surface area contributed by atoms with Crippen molar-refractivity contribution < 1.29 is 14.3 Å². The summed E-state index contributed by atoms with van der Waals surface area (Å²) in [4.78, 5) is 14.2. The lowest BCUT2D eigenvalue weighted by molar-refractivity contribution is 0.0350. The summed E-state index contributed by atoms with van der Waals surface area (Å²) in [7, 11) is 3.96. The fourth-order valence-electron chi connectivity index (χ4n) is 2.12. The third kappa shape index (κ3) is 4.93. The molecule has 1 aromatic carbocycles. The van der Waals surface area contributed by atoms with Gasteiger partial charge in [-0.05, 0) is 45.1 Å². The molecule has 5 nitrogen and oxygen atoms in total. The molecule has 0 aromatic heterocycles. The highest BCUT2D eigenvalue weighted by Crippen LogP contribution is 2.23. The first-order valence-electron chi connectivity index (χ1n) is 7.22. The molecule has 1 rings (SSSR count). The van der Waals surface area contributed by atoms with E-state index < -0.39 is 0 Å². The van der Waals surface area contributed by atoms with Gasteiger partial charge in [-0.1, -0.05) is 13.8 Å². The van der Waals surface area contributed by atoms with E-state index in [0.29, 0.717) is 36.1 Å². The predicted octanol–water partition coefficient (Wildman–Crippen LogP) is 2.41. The molecule has 118 valence electrons. The summed E-state index contributed by atoms with van der Waals surface area (Å²) >= 11 is 0. The average molecular weight is 294 g/mol. The second kappa shape index (κ2) is 7.88. The molecule has 0 aliphatic rings. The van der Waals surface area contributed by atoms with Crippen molar-refractivity contribution in [3.05, 3.63) is 23.8 Å². The number of esters is 1. The van der Waals surface area contributed by atoms with E-state index in [9.17, 15) is 4.79 Å². The maximum absolute atomic E-state index is 12.1. The second-order valence-corrected chi connectivity index (χ2v) is 5.56. The molecule has 0 saturated carbocycles. The fraction of sp³-hybridized carbons (Fsp3) is 0.562. The Hall–Kier alpha value is -1.75. The Bertz CT molecular complexity index is 465. The van der Waals surface area contributed by atoms with Crippen LogP contribution in [0.3, 0.4) is 0 Å². The van der Waals surface area contributed by atoms with Crippen molar-refractivity contribution in [1.29, 1.82) is 0 Å². The van der Waals surface area contributed by atoms with E-state index in [1.165, 1.54) is 0 Å². The number of carbonyl (C=O) groups is 1. The molecular formula is C16H26N2O3. The SMILES string of the molecule is CCOc1cc(C(=O)OC[C@H](C(C)C)N(C)C)ccc1N. The molecule has 0 aliphatic carbocycles. The molecular weight excluding hydrogens is 268 g/mol. The second-order valence-electron chi connectivity index (χ2n) is 5.56. The zero-order valence-electron chi connectivity index (χ0n) is 13.6. The Morgan fingerprint density at radius 2 is 2.00 bits per heavy atom. The van der Waals surface area contributed by atoms with Crippen LogP contribution in [0.2, 0.25) is 0 Å². The van der Waals surface area contributed by atoms with Crippen LogP contribution in [0.4, 0.5) is 5.69 Å². The fourth-order valence-corrected chi connectivity index (χ4v) is 2.12. The lowest BCUT2D eigenvalue weighted by Crippen LogP contribution is -2.37. The normalized spacial score (nSPS) is 12.5. The number of benzene rings is 1. The van der Waals surface area contributed by atoms with Crippen molar-refractivity contribution in [3.63, 3.8) is 0 Å². The van der Waals surface area contributed by atoms with E-state index in [0.717, 1.165) is 0 Å². The van der Waals surface area contributed by atoms with E-state index in [4.69, 9.17) is 15.2 Å². The van der Waals surface area contributed by atoms with Gasteiger partial charge in [0.05, 0.1) is 17.9 Å². The predicted molar refractivity (Wildman–Crippen MR) is 84.6 cm³/mol. The monoisotopic (exact) mass is 294 g/mol. The van der Waals surface area contributed by atoms with Crippen LogP contribution in [0.15, 0.2) is 18.2 Å². The van der Waals surface area contributed by atoms with Crippen molar-refractivity contribution >= 4 is 11.7 Å². The summed E-state index contributed by atoms with van der Waals surface area (Å²) in [5.41, 5.74) is 6.76. The molecule has 0 spiro atoms. The molecule has 2 N–H and O–H groups in total. The Labute approximate surface area is 127 Å². The molecule has 0 unspecified atom stereocenters. The standard InChI is InChI=1S/C16H26N2O3/c1-6-20-15-9-12(7-8-13(15)17)16(19)21-10-14(11(2)3)18(4)5/h7-9,11,14H,6,10,17H2,1-5H3/t14-/m1/s1. The van der Waals surface area contributed by atoms with Crippen molar-refractivity contribution in [3.8, 4) is 5.75 Å². The smallest absolute Gasteiger partial charge is 0.338 e. The highest BCUT2D eigenvalue weighted by molar-refractivity contribution is 5.90. The van der Waals surface area contributed by atoms with Gasteiger partial charge in [0.25, 0.3) is 0 Å². The minimum atomic E-state index is -0.358. The molecule has 0 amide bonds. The number of rotatable bonds is 7. The Morgan fingerprint density at radius 3 is 2.52 bits per heavy atom. The molecule has 5 heteroatoms. The third-order valence-corrected chi connectivity index (χ3v) is 3.37. The van der Waals surface area contributed by atoms with E-state index in [1.807, 2.05) is 21.0 Å². The first-order chi connectivity index (χ1) is 9.86. The number of nitrogen functional groups attached to an aromatic ring is 1. The number of hydrogen-bond acceptors (Lipinski definition) is 5. The van der Waals surface area contributed by atoms with Crippen LogP contribution < -0.4 is 10.5 Å². The molecule has 0 heterocycles. The van der Waals surface area contributed by atoms with Crippen molar-refractivity contribution in [2.45, 2.75) is 26.8 Å². The zero-order valence-corrected chi connectivity index (χ0v) is 13.6. The number of nitrogens with zero attached hydrogens (tertiary/aromatic N) is 1. The molecule has 0 fully saturated rings. The van der Waals surface area contributed by atoms with E-state index >= 15 is 0 Å². The summed E-state index contributed by atoms with van der Waals surface area (Å²) in [6.07, 6.45) is 0. The minimum absolute atomic E-state index is 0.189. The van der Waals surface area contributed by atoms with Gasteiger partial charge in [0.1, 0.15) is 12.4 Å². The molecule has 21 heavy (non-hydrogen) atoms. The third-order valence-electron chi connectivity index (χ3n) is 3.37. The van der Waals surface area contributed by atoms with Crippen LogP contribution in [0.1, 0.15) is 31.1 Å². The first-order valence-corrected chi connectivity index (χ1v) is 7.22. The maximum Gasteiger partial charge on any atom is 0.338 e. The average Bonchev–Trinajstić information content (AvgIpc) is 2.40. The number of hydrogen-bond donors (Lipinski definition) is 1. The van der Waals surface area contributed by atoms with E-state index in [-0.39, 0.29) is 12.0 Å². The Kier molecular flexibility index (Phi) is 6.49. The first kappa shape index (κ1) is 17.3. The Morgan fingerprint density at radius 1 is 1.33 bits per heavy atom. The van der Waals surface area contributed by atoms with Gasteiger partial charge >= 0.3 is 5.97 Å². The van der Waals surface area contributed by atoms with Crippen LogP contribution >= 0.6 is 0 Å². The molecule has 0 bridgehead atoms. The summed E-state index contributed by atoms with van der Waals surface area (Å²) < 4.78 is 10.8. The Balaban J connectivity index is 2.73. The number of nitrogens with two attached hydrogens (primary N) is 1. The van der Waals surface area contributed by atoms with Crippen LogP contribution in [-0.2, 0) is 4.74 Å². The summed E-state index contributed by atoms with van der Waals surface area (Å²) in [5, 5.41) is 0. The van der Waals surface area contributed by atoms with Crippen LogP contribution in [0.5, 0.6) is 5.75 Å². The maximum atomic E-state index is 12.1.